The van der Waals surface area contributed by atoms with Crippen LogP contribution in [0.4, 0.5) is 0 Å². The normalized spacial score (nSPS) is 10.7. The highest BCUT2D eigenvalue weighted by Crippen LogP contribution is 2.24. The summed E-state index contributed by atoms with van der Waals surface area (Å²) in [6.07, 6.45) is 3.34. The summed E-state index contributed by atoms with van der Waals surface area (Å²) in [6.45, 7) is 0. The minimum absolute atomic E-state index is 0.0116. The van der Waals surface area contributed by atoms with Gasteiger partial charge >= 0.3 is 5.97 Å². The van der Waals surface area contributed by atoms with E-state index in [9.17, 15) is 15.0 Å². The second-order valence-electron chi connectivity index (χ2n) is 4.01. The van der Waals surface area contributed by atoms with E-state index in [1.165, 1.54) is 24.3 Å². The third kappa shape index (κ3) is 3.13. The topological polar surface area (TPSA) is 77.8 Å². The van der Waals surface area contributed by atoms with Crippen LogP contribution >= 0.6 is 0 Å². The molecule has 0 saturated carbocycles. The predicted molar refractivity (Wildman–Crippen MR) is 72.1 cm³/mol. The molecule has 0 bridgehead atoms. The molecule has 0 fully saturated rings. The largest absolute Gasteiger partial charge is 0.508 e. The van der Waals surface area contributed by atoms with Crippen molar-refractivity contribution in [2.75, 3.05) is 0 Å². The third-order valence-electron chi connectivity index (χ3n) is 2.60. The monoisotopic (exact) mass is 256 g/mol. The molecule has 2 rings (SSSR count). The van der Waals surface area contributed by atoms with Gasteiger partial charge in [0.15, 0.2) is 0 Å². The first-order chi connectivity index (χ1) is 9.06. The van der Waals surface area contributed by atoms with Gasteiger partial charge in [0.2, 0.25) is 0 Å². The smallest absolute Gasteiger partial charge is 0.335 e. The second-order valence-corrected chi connectivity index (χ2v) is 4.01. The number of phenolic OH excluding ortho intramolecular Hbond substituents is 2. The first-order valence-corrected chi connectivity index (χ1v) is 5.60. The Hall–Kier alpha value is -2.75. The SMILES string of the molecule is O=C(O)c1cccc(C=Cc2ccc(O)cc2O)c1. The summed E-state index contributed by atoms with van der Waals surface area (Å²) in [5.41, 5.74) is 1.46. The molecule has 0 radical (unpaired) electrons. The van der Waals surface area contributed by atoms with Crippen LogP contribution in [-0.2, 0) is 0 Å². The highest BCUT2D eigenvalue weighted by atomic mass is 16.4. The van der Waals surface area contributed by atoms with Crippen molar-refractivity contribution in [2.24, 2.45) is 0 Å². The first kappa shape index (κ1) is 12.7. The van der Waals surface area contributed by atoms with Gasteiger partial charge in [0, 0.05) is 11.6 Å². The summed E-state index contributed by atoms with van der Waals surface area (Å²) >= 11 is 0. The van der Waals surface area contributed by atoms with Gasteiger partial charge in [-0.2, -0.15) is 0 Å². The Bertz CT molecular complexity index is 644. The number of rotatable bonds is 3. The van der Waals surface area contributed by atoms with E-state index < -0.39 is 5.97 Å². The summed E-state index contributed by atoms with van der Waals surface area (Å²) in [5, 5.41) is 27.7. The van der Waals surface area contributed by atoms with Gasteiger partial charge in [0.25, 0.3) is 0 Å². The zero-order valence-electron chi connectivity index (χ0n) is 9.95. The molecule has 0 heterocycles. The van der Waals surface area contributed by atoms with Gasteiger partial charge in [-0.15, -0.1) is 0 Å². The summed E-state index contributed by atoms with van der Waals surface area (Å²) in [5.74, 6) is -1.03. The van der Waals surface area contributed by atoms with Crippen LogP contribution in [-0.4, -0.2) is 21.3 Å². The van der Waals surface area contributed by atoms with Gasteiger partial charge < -0.3 is 15.3 Å². The number of carboxylic acid groups (broad SMARTS) is 1. The Balaban J connectivity index is 2.27. The number of carboxylic acids is 1. The lowest BCUT2D eigenvalue weighted by atomic mass is 10.1. The predicted octanol–water partition coefficient (Wildman–Crippen LogP) is 2.97. The van der Waals surface area contributed by atoms with Gasteiger partial charge in [-0.1, -0.05) is 24.3 Å². The first-order valence-electron chi connectivity index (χ1n) is 5.60. The molecule has 4 heteroatoms. The zero-order chi connectivity index (χ0) is 13.8. The van der Waals surface area contributed by atoms with Crippen LogP contribution in [0.25, 0.3) is 12.2 Å². The van der Waals surface area contributed by atoms with Crippen molar-refractivity contribution in [3.63, 3.8) is 0 Å². The van der Waals surface area contributed by atoms with Crippen LogP contribution in [0.5, 0.6) is 11.5 Å². The summed E-state index contributed by atoms with van der Waals surface area (Å²) in [6, 6.07) is 10.7. The number of aromatic carboxylic acids is 1. The summed E-state index contributed by atoms with van der Waals surface area (Å²) in [7, 11) is 0. The standard InChI is InChI=1S/C15H12O4/c16-13-7-6-11(14(17)9-13)5-4-10-2-1-3-12(8-10)15(18)19/h1-9,16-17H,(H,18,19). The maximum absolute atomic E-state index is 10.8. The van der Waals surface area contributed by atoms with E-state index in [-0.39, 0.29) is 17.1 Å². The molecular weight excluding hydrogens is 244 g/mol. The molecular formula is C15H12O4. The lowest BCUT2D eigenvalue weighted by Crippen LogP contribution is -1.95. The Labute approximate surface area is 109 Å². The van der Waals surface area contributed by atoms with Gasteiger partial charge in [-0.05, 0) is 29.8 Å². The Morgan fingerprint density at radius 2 is 1.79 bits per heavy atom. The zero-order valence-corrected chi connectivity index (χ0v) is 9.95. The molecule has 0 aliphatic heterocycles. The van der Waals surface area contributed by atoms with Crippen LogP contribution in [0.15, 0.2) is 42.5 Å². The maximum Gasteiger partial charge on any atom is 0.335 e. The van der Waals surface area contributed by atoms with Crippen molar-refractivity contribution in [1.82, 2.24) is 0 Å². The average molecular weight is 256 g/mol. The molecule has 0 aliphatic carbocycles. The molecule has 2 aromatic rings. The highest BCUT2D eigenvalue weighted by molar-refractivity contribution is 5.88. The molecule has 3 N–H and O–H groups in total. The van der Waals surface area contributed by atoms with E-state index in [4.69, 9.17) is 5.11 Å². The fourth-order valence-corrected chi connectivity index (χ4v) is 1.63. The average Bonchev–Trinajstić information content (AvgIpc) is 2.38. The second kappa shape index (κ2) is 5.27. The van der Waals surface area contributed by atoms with Crippen molar-refractivity contribution in [3.05, 3.63) is 59.2 Å². The van der Waals surface area contributed by atoms with E-state index >= 15 is 0 Å². The Morgan fingerprint density at radius 3 is 2.47 bits per heavy atom. The van der Waals surface area contributed by atoms with E-state index in [2.05, 4.69) is 0 Å². The lowest BCUT2D eigenvalue weighted by Gasteiger charge is -2.00. The van der Waals surface area contributed by atoms with E-state index in [1.807, 2.05) is 0 Å². The van der Waals surface area contributed by atoms with Crippen LogP contribution < -0.4 is 0 Å². The van der Waals surface area contributed by atoms with Crippen molar-refractivity contribution in [1.29, 1.82) is 0 Å². The van der Waals surface area contributed by atoms with Crippen molar-refractivity contribution < 1.29 is 20.1 Å². The van der Waals surface area contributed by atoms with Crippen LogP contribution in [0.2, 0.25) is 0 Å². The van der Waals surface area contributed by atoms with E-state index in [0.29, 0.717) is 11.1 Å². The molecule has 0 atom stereocenters. The van der Waals surface area contributed by atoms with Gasteiger partial charge in [0.05, 0.1) is 5.56 Å². The lowest BCUT2D eigenvalue weighted by molar-refractivity contribution is 0.0697. The number of hydrogen-bond acceptors (Lipinski definition) is 3. The molecule has 0 spiro atoms. The van der Waals surface area contributed by atoms with Crippen molar-refractivity contribution in [2.45, 2.75) is 0 Å². The number of benzene rings is 2. The fourth-order valence-electron chi connectivity index (χ4n) is 1.63. The molecule has 0 saturated heterocycles. The highest BCUT2D eigenvalue weighted by Gasteiger charge is 2.02. The Morgan fingerprint density at radius 1 is 1.00 bits per heavy atom. The number of hydrogen-bond donors (Lipinski definition) is 3. The van der Waals surface area contributed by atoms with Crippen molar-refractivity contribution >= 4 is 18.1 Å². The van der Waals surface area contributed by atoms with Crippen LogP contribution in [0.3, 0.4) is 0 Å². The summed E-state index contributed by atoms with van der Waals surface area (Å²) < 4.78 is 0. The van der Waals surface area contributed by atoms with E-state index in [1.54, 1.807) is 30.4 Å². The van der Waals surface area contributed by atoms with Gasteiger partial charge in [0.1, 0.15) is 11.5 Å². The number of phenols is 2. The quantitative estimate of drug-likeness (QED) is 0.738. The molecule has 4 nitrogen and oxygen atoms in total. The number of aromatic hydroxyl groups is 2. The molecule has 0 unspecified atom stereocenters. The van der Waals surface area contributed by atoms with Crippen LogP contribution in [0.1, 0.15) is 21.5 Å². The molecule has 0 aromatic heterocycles. The molecule has 19 heavy (non-hydrogen) atoms. The minimum Gasteiger partial charge on any atom is -0.508 e. The van der Waals surface area contributed by atoms with E-state index in [0.717, 1.165) is 0 Å². The fraction of sp³-hybridized carbons (Fsp3) is 0. The molecule has 96 valence electrons. The third-order valence-corrected chi connectivity index (χ3v) is 2.60. The van der Waals surface area contributed by atoms with Crippen molar-refractivity contribution in [3.8, 4) is 11.5 Å². The van der Waals surface area contributed by atoms with Gasteiger partial charge in [-0.3, -0.25) is 0 Å². The molecule has 0 aliphatic rings. The Kier molecular flexibility index (Phi) is 3.52. The number of carbonyl (C=O) groups is 1. The van der Waals surface area contributed by atoms with Crippen LogP contribution in [0, 0.1) is 0 Å². The summed E-state index contributed by atoms with van der Waals surface area (Å²) in [4.78, 5) is 10.8. The molecule has 0 amide bonds. The maximum atomic E-state index is 10.8. The molecule has 2 aromatic carbocycles. The minimum atomic E-state index is -0.984. The van der Waals surface area contributed by atoms with Gasteiger partial charge in [-0.25, -0.2) is 4.79 Å².